The predicted octanol–water partition coefficient (Wildman–Crippen LogP) is 3.22. The van der Waals surface area contributed by atoms with Crippen molar-refractivity contribution in [2.45, 2.75) is 70.1 Å². The monoisotopic (exact) mass is 350 g/mol. The second-order valence-corrected chi connectivity index (χ2v) is 7.86. The van der Waals surface area contributed by atoms with Crippen LogP contribution in [0.5, 0.6) is 0 Å². The van der Waals surface area contributed by atoms with E-state index in [1.807, 2.05) is 0 Å². The van der Waals surface area contributed by atoms with Crippen LogP contribution in [0, 0.1) is 5.92 Å². The third-order valence-electron chi connectivity index (χ3n) is 5.02. The van der Waals surface area contributed by atoms with E-state index in [0.717, 1.165) is 30.7 Å². The number of nitrogens with zero attached hydrogens (tertiary/aromatic N) is 2. The molecular formula is C17H26N4O2S. The van der Waals surface area contributed by atoms with Crippen LogP contribution in [0.15, 0.2) is 0 Å². The van der Waals surface area contributed by atoms with Crippen LogP contribution in [0.25, 0.3) is 0 Å². The maximum Gasteiger partial charge on any atom is 0.227 e. The third-order valence-corrected chi connectivity index (χ3v) is 6.02. The van der Waals surface area contributed by atoms with Crippen molar-refractivity contribution >= 4 is 28.3 Å². The SMILES string of the molecule is O=C(CCNC(=O)C1CCCC1)Nc1nnc(C2CCCCC2)s1. The lowest BCUT2D eigenvalue weighted by Crippen LogP contribution is -2.31. The van der Waals surface area contributed by atoms with Gasteiger partial charge in [-0.25, -0.2) is 0 Å². The molecule has 2 fully saturated rings. The van der Waals surface area contributed by atoms with Crippen LogP contribution in [0.1, 0.15) is 75.1 Å². The average Bonchev–Trinajstić information content (AvgIpc) is 3.27. The molecule has 0 aromatic carbocycles. The lowest BCUT2D eigenvalue weighted by Gasteiger charge is -2.18. The maximum atomic E-state index is 12.0. The second kappa shape index (κ2) is 8.55. The Morgan fingerprint density at radius 2 is 1.71 bits per heavy atom. The highest BCUT2D eigenvalue weighted by molar-refractivity contribution is 7.15. The zero-order valence-corrected chi connectivity index (χ0v) is 14.9. The summed E-state index contributed by atoms with van der Waals surface area (Å²) in [5.74, 6) is 0.630. The Balaban J connectivity index is 1.38. The Hall–Kier alpha value is -1.50. The standard InChI is InChI=1S/C17H26N4O2S/c22-14(10-11-18-15(23)12-6-4-5-7-12)19-17-21-20-16(24-17)13-8-2-1-3-9-13/h12-13H,1-11H2,(H,18,23)(H,19,21,22). The first-order chi connectivity index (χ1) is 11.7. The molecule has 2 amide bonds. The van der Waals surface area contributed by atoms with E-state index in [4.69, 9.17) is 0 Å². The van der Waals surface area contributed by atoms with Crippen molar-refractivity contribution < 1.29 is 9.59 Å². The van der Waals surface area contributed by atoms with Crippen LogP contribution in [-0.2, 0) is 9.59 Å². The quantitative estimate of drug-likeness (QED) is 0.825. The number of anilines is 1. The number of amides is 2. The number of aromatic nitrogens is 2. The van der Waals surface area contributed by atoms with Crippen LogP contribution in [0.3, 0.4) is 0 Å². The van der Waals surface area contributed by atoms with Gasteiger partial charge in [-0.15, -0.1) is 10.2 Å². The summed E-state index contributed by atoms with van der Waals surface area (Å²) in [7, 11) is 0. The first kappa shape index (κ1) is 17.3. The fourth-order valence-electron chi connectivity index (χ4n) is 3.61. The molecule has 6 nitrogen and oxygen atoms in total. The Labute approximate surface area is 146 Å². The van der Waals surface area contributed by atoms with Gasteiger partial charge >= 0.3 is 0 Å². The minimum Gasteiger partial charge on any atom is -0.355 e. The molecule has 132 valence electrons. The molecule has 0 spiro atoms. The average molecular weight is 350 g/mol. The van der Waals surface area contributed by atoms with Crippen molar-refractivity contribution in [3.05, 3.63) is 5.01 Å². The highest BCUT2D eigenvalue weighted by atomic mass is 32.1. The van der Waals surface area contributed by atoms with E-state index in [0.29, 0.717) is 17.6 Å². The van der Waals surface area contributed by atoms with Crippen molar-refractivity contribution in [1.29, 1.82) is 0 Å². The minimum atomic E-state index is -0.118. The molecule has 0 radical (unpaired) electrons. The summed E-state index contributed by atoms with van der Waals surface area (Å²) >= 11 is 1.49. The molecule has 0 atom stereocenters. The van der Waals surface area contributed by atoms with Gasteiger partial charge in [0.25, 0.3) is 0 Å². The highest BCUT2D eigenvalue weighted by Gasteiger charge is 2.22. The molecule has 1 aromatic heterocycles. The fourth-order valence-corrected chi connectivity index (χ4v) is 4.54. The van der Waals surface area contributed by atoms with E-state index in [2.05, 4.69) is 20.8 Å². The van der Waals surface area contributed by atoms with Gasteiger partial charge in [-0.05, 0) is 25.7 Å². The molecule has 2 saturated carbocycles. The van der Waals surface area contributed by atoms with Crippen LogP contribution >= 0.6 is 11.3 Å². The van der Waals surface area contributed by atoms with Crippen molar-refractivity contribution in [3.8, 4) is 0 Å². The van der Waals surface area contributed by atoms with Gasteiger partial charge in [0.15, 0.2) is 0 Å². The summed E-state index contributed by atoms with van der Waals surface area (Å²) in [5, 5.41) is 15.6. The number of hydrogen-bond acceptors (Lipinski definition) is 5. The van der Waals surface area contributed by atoms with Gasteiger partial charge in [0.2, 0.25) is 16.9 Å². The summed E-state index contributed by atoms with van der Waals surface area (Å²) in [4.78, 5) is 23.9. The van der Waals surface area contributed by atoms with Gasteiger partial charge in [-0.3, -0.25) is 9.59 Å². The smallest absolute Gasteiger partial charge is 0.227 e. The van der Waals surface area contributed by atoms with Gasteiger partial charge in [-0.1, -0.05) is 43.4 Å². The Bertz CT molecular complexity index is 563. The molecule has 2 aliphatic rings. The number of rotatable bonds is 6. The Kier molecular flexibility index (Phi) is 6.18. The molecule has 0 saturated heterocycles. The van der Waals surface area contributed by atoms with E-state index in [-0.39, 0.29) is 24.2 Å². The van der Waals surface area contributed by atoms with Crippen LogP contribution in [-0.4, -0.2) is 28.6 Å². The molecular weight excluding hydrogens is 324 g/mol. The van der Waals surface area contributed by atoms with Gasteiger partial charge in [0.05, 0.1) is 0 Å². The lowest BCUT2D eigenvalue weighted by atomic mass is 9.90. The molecule has 3 rings (SSSR count). The number of hydrogen-bond donors (Lipinski definition) is 2. The summed E-state index contributed by atoms with van der Waals surface area (Å²) in [6.45, 7) is 0.384. The molecule has 2 N–H and O–H groups in total. The largest absolute Gasteiger partial charge is 0.355 e. The number of carbonyl (C=O) groups is 2. The molecule has 24 heavy (non-hydrogen) atoms. The van der Waals surface area contributed by atoms with E-state index < -0.39 is 0 Å². The van der Waals surface area contributed by atoms with Crippen molar-refractivity contribution in [2.24, 2.45) is 5.92 Å². The minimum absolute atomic E-state index is 0.0933. The first-order valence-corrected chi connectivity index (χ1v) is 9.95. The van der Waals surface area contributed by atoms with Gasteiger partial charge in [-0.2, -0.15) is 0 Å². The van der Waals surface area contributed by atoms with Crippen LogP contribution in [0.4, 0.5) is 5.13 Å². The molecule has 0 aliphatic heterocycles. The van der Waals surface area contributed by atoms with Crippen LogP contribution in [0.2, 0.25) is 0 Å². The zero-order valence-electron chi connectivity index (χ0n) is 14.1. The normalized spacial score (nSPS) is 19.3. The van der Waals surface area contributed by atoms with E-state index in [9.17, 15) is 9.59 Å². The zero-order chi connectivity index (χ0) is 16.8. The third kappa shape index (κ3) is 4.75. The lowest BCUT2D eigenvalue weighted by molar-refractivity contribution is -0.124. The van der Waals surface area contributed by atoms with Crippen molar-refractivity contribution in [2.75, 3.05) is 11.9 Å². The van der Waals surface area contributed by atoms with Gasteiger partial charge < -0.3 is 10.6 Å². The van der Waals surface area contributed by atoms with Crippen molar-refractivity contribution in [1.82, 2.24) is 15.5 Å². The van der Waals surface area contributed by atoms with Gasteiger partial charge in [0.1, 0.15) is 5.01 Å². The van der Waals surface area contributed by atoms with E-state index >= 15 is 0 Å². The number of nitrogens with one attached hydrogen (secondary N) is 2. The number of carbonyl (C=O) groups excluding carboxylic acids is 2. The molecule has 1 aromatic rings. The summed E-state index contributed by atoms with van der Waals surface area (Å²) in [5.41, 5.74) is 0. The highest BCUT2D eigenvalue weighted by Crippen LogP contribution is 2.35. The second-order valence-electron chi connectivity index (χ2n) is 6.85. The van der Waals surface area contributed by atoms with Crippen LogP contribution < -0.4 is 10.6 Å². The van der Waals surface area contributed by atoms with E-state index in [1.165, 1.54) is 43.4 Å². The predicted molar refractivity (Wildman–Crippen MR) is 93.9 cm³/mol. The fraction of sp³-hybridized carbons (Fsp3) is 0.765. The van der Waals surface area contributed by atoms with Gasteiger partial charge in [0, 0.05) is 24.8 Å². The maximum absolute atomic E-state index is 12.0. The Morgan fingerprint density at radius 3 is 2.46 bits per heavy atom. The molecule has 7 heteroatoms. The Morgan fingerprint density at radius 1 is 1.00 bits per heavy atom. The molecule has 1 heterocycles. The first-order valence-electron chi connectivity index (χ1n) is 9.13. The topological polar surface area (TPSA) is 84.0 Å². The summed E-state index contributed by atoms with van der Waals surface area (Å²) in [6, 6.07) is 0. The molecule has 0 bridgehead atoms. The summed E-state index contributed by atoms with van der Waals surface area (Å²) < 4.78 is 0. The molecule has 2 aliphatic carbocycles. The molecule has 0 unspecified atom stereocenters. The van der Waals surface area contributed by atoms with E-state index in [1.54, 1.807) is 0 Å². The summed E-state index contributed by atoms with van der Waals surface area (Å²) in [6.07, 6.45) is 10.7. The van der Waals surface area contributed by atoms with Crippen molar-refractivity contribution in [3.63, 3.8) is 0 Å².